The summed E-state index contributed by atoms with van der Waals surface area (Å²) in [5.41, 5.74) is 0.604. The minimum atomic E-state index is -0.532. The van der Waals surface area contributed by atoms with Crippen LogP contribution in [0.15, 0.2) is 42.7 Å². The van der Waals surface area contributed by atoms with Crippen molar-refractivity contribution in [2.75, 3.05) is 19.6 Å². The van der Waals surface area contributed by atoms with Crippen LogP contribution in [0.25, 0.3) is 0 Å². The first-order valence-corrected chi connectivity index (χ1v) is 10.7. The third kappa shape index (κ3) is 4.69. The summed E-state index contributed by atoms with van der Waals surface area (Å²) in [7, 11) is 0. The molecule has 6 nitrogen and oxygen atoms in total. The van der Waals surface area contributed by atoms with Gasteiger partial charge in [0.15, 0.2) is 0 Å². The molecular weight excluding hydrogens is 364 g/mol. The van der Waals surface area contributed by atoms with Crippen molar-refractivity contribution in [3.05, 3.63) is 54.1 Å². The van der Waals surface area contributed by atoms with Crippen LogP contribution in [-0.2, 0) is 22.4 Å². The van der Waals surface area contributed by atoms with Crippen LogP contribution in [0.3, 0.4) is 0 Å². The molecule has 0 spiro atoms. The second-order valence-corrected chi connectivity index (χ2v) is 8.59. The van der Waals surface area contributed by atoms with Gasteiger partial charge in [-0.1, -0.05) is 43.2 Å². The lowest BCUT2D eigenvalue weighted by molar-refractivity contribution is -0.154. The number of aromatic nitrogens is 2. The Hall–Kier alpha value is -2.63. The van der Waals surface area contributed by atoms with E-state index >= 15 is 0 Å². The van der Waals surface area contributed by atoms with E-state index in [0.717, 1.165) is 11.4 Å². The molecule has 4 rings (SSSR count). The van der Waals surface area contributed by atoms with Crippen molar-refractivity contribution >= 4 is 11.8 Å². The third-order valence-electron chi connectivity index (χ3n) is 6.35. The molecule has 29 heavy (non-hydrogen) atoms. The first-order chi connectivity index (χ1) is 14.1. The number of H-pyrrole nitrogens is 1. The number of hydrogen-bond acceptors (Lipinski definition) is 3. The normalized spacial score (nSPS) is 18.4. The van der Waals surface area contributed by atoms with Gasteiger partial charge in [0.25, 0.3) is 0 Å². The second-order valence-electron chi connectivity index (χ2n) is 8.59. The molecule has 2 aromatic rings. The summed E-state index contributed by atoms with van der Waals surface area (Å²) in [6, 6.07) is 10.1. The van der Waals surface area contributed by atoms with Gasteiger partial charge in [-0.15, -0.1) is 0 Å². The van der Waals surface area contributed by atoms with Gasteiger partial charge in [-0.2, -0.15) is 0 Å². The molecule has 1 aliphatic carbocycles. The summed E-state index contributed by atoms with van der Waals surface area (Å²) in [5, 5.41) is 3.08. The van der Waals surface area contributed by atoms with Crippen molar-refractivity contribution in [3.8, 4) is 0 Å². The van der Waals surface area contributed by atoms with Crippen LogP contribution in [-0.4, -0.2) is 46.3 Å². The number of imidazole rings is 1. The van der Waals surface area contributed by atoms with Crippen LogP contribution >= 0.6 is 0 Å². The van der Waals surface area contributed by atoms with E-state index in [2.05, 4.69) is 27.4 Å². The van der Waals surface area contributed by atoms with E-state index in [1.807, 2.05) is 23.1 Å². The Kier molecular flexibility index (Phi) is 5.97. The molecule has 0 unspecified atom stereocenters. The van der Waals surface area contributed by atoms with E-state index in [1.165, 1.54) is 25.7 Å². The van der Waals surface area contributed by atoms with Gasteiger partial charge < -0.3 is 15.2 Å². The molecule has 2 aliphatic rings. The van der Waals surface area contributed by atoms with Crippen LogP contribution in [0.5, 0.6) is 0 Å². The molecule has 6 heteroatoms. The highest BCUT2D eigenvalue weighted by atomic mass is 16.2. The van der Waals surface area contributed by atoms with Gasteiger partial charge in [0.1, 0.15) is 5.82 Å². The van der Waals surface area contributed by atoms with Crippen molar-refractivity contribution in [1.29, 1.82) is 0 Å². The van der Waals surface area contributed by atoms with Gasteiger partial charge in [0.05, 0.1) is 5.41 Å². The Labute approximate surface area is 172 Å². The summed E-state index contributed by atoms with van der Waals surface area (Å²) in [4.78, 5) is 35.0. The second kappa shape index (κ2) is 8.80. The van der Waals surface area contributed by atoms with Gasteiger partial charge >= 0.3 is 0 Å². The van der Waals surface area contributed by atoms with Gasteiger partial charge in [-0.05, 0) is 30.7 Å². The number of benzene rings is 1. The maximum atomic E-state index is 13.1. The molecule has 1 aromatic carbocycles. The van der Waals surface area contributed by atoms with Crippen LogP contribution in [0.4, 0.5) is 0 Å². The maximum absolute atomic E-state index is 13.1. The highest BCUT2D eigenvalue weighted by Crippen LogP contribution is 2.37. The quantitative estimate of drug-likeness (QED) is 0.723. The lowest BCUT2D eigenvalue weighted by Crippen LogP contribution is -2.65. The summed E-state index contributed by atoms with van der Waals surface area (Å²) in [5.74, 6) is 1.65. The summed E-state index contributed by atoms with van der Waals surface area (Å²) < 4.78 is 0. The number of aromatic amines is 1. The van der Waals surface area contributed by atoms with Crippen LogP contribution in [0, 0.1) is 11.3 Å². The Morgan fingerprint density at radius 1 is 1.17 bits per heavy atom. The molecule has 1 aromatic heterocycles. The summed E-state index contributed by atoms with van der Waals surface area (Å²) in [6.07, 6.45) is 10.3. The highest BCUT2D eigenvalue weighted by molar-refractivity contribution is 5.88. The van der Waals surface area contributed by atoms with Crippen molar-refractivity contribution < 1.29 is 9.59 Å². The first kappa shape index (κ1) is 19.7. The molecule has 2 fully saturated rings. The smallest absolute Gasteiger partial charge is 0.230 e. The zero-order valence-electron chi connectivity index (χ0n) is 16.9. The maximum Gasteiger partial charge on any atom is 0.230 e. The fourth-order valence-corrected chi connectivity index (χ4v) is 4.69. The standard InChI is InChI=1S/C23H30N4O2/c28-21(14-18-6-4-5-7-18)27-16-23(17-27,15-19-8-2-1-3-9-19)22(29)26-11-10-20-24-12-13-25-20/h1-3,8-9,12-13,18H,4-7,10-11,14-17H2,(H,24,25)(H,26,29). The average molecular weight is 395 g/mol. The highest BCUT2D eigenvalue weighted by Gasteiger charge is 2.50. The molecule has 0 atom stereocenters. The van der Waals surface area contributed by atoms with Gasteiger partial charge in [-0.25, -0.2) is 4.98 Å². The molecule has 1 aliphatic heterocycles. The summed E-state index contributed by atoms with van der Waals surface area (Å²) in [6.45, 7) is 1.57. The summed E-state index contributed by atoms with van der Waals surface area (Å²) >= 11 is 0. The number of carbonyl (C=O) groups is 2. The van der Waals surface area contributed by atoms with Crippen molar-refractivity contribution in [2.24, 2.45) is 11.3 Å². The monoisotopic (exact) mass is 394 g/mol. The molecule has 1 saturated carbocycles. The fourth-order valence-electron chi connectivity index (χ4n) is 4.69. The molecular formula is C23H30N4O2. The molecule has 2 heterocycles. The predicted molar refractivity (Wildman–Crippen MR) is 111 cm³/mol. The molecule has 2 amide bonds. The number of nitrogens with one attached hydrogen (secondary N) is 2. The molecule has 2 N–H and O–H groups in total. The Morgan fingerprint density at radius 3 is 2.62 bits per heavy atom. The Bertz CT molecular complexity index is 807. The minimum absolute atomic E-state index is 0.0397. The van der Waals surface area contributed by atoms with E-state index in [0.29, 0.717) is 44.8 Å². The topological polar surface area (TPSA) is 78.1 Å². The molecule has 154 valence electrons. The van der Waals surface area contributed by atoms with E-state index in [9.17, 15) is 9.59 Å². The van der Waals surface area contributed by atoms with E-state index < -0.39 is 5.41 Å². The van der Waals surface area contributed by atoms with Crippen LogP contribution in [0.1, 0.15) is 43.5 Å². The van der Waals surface area contributed by atoms with Crippen molar-refractivity contribution in [2.45, 2.75) is 44.9 Å². The number of nitrogens with zero attached hydrogens (tertiary/aromatic N) is 2. The molecule has 1 saturated heterocycles. The lowest BCUT2D eigenvalue weighted by Gasteiger charge is -2.49. The van der Waals surface area contributed by atoms with Gasteiger partial charge in [0, 0.05) is 44.9 Å². The first-order valence-electron chi connectivity index (χ1n) is 10.7. The number of carbonyl (C=O) groups excluding carboxylic acids is 2. The average Bonchev–Trinajstić information content (AvgIpc) is 3.39. The SMILES string of the molecule is O=C(CC1CCCC1)N1CC(Cc2ccccc2)(C(=O)NCCc2ncc[nH]2)C1. The lowest BCUT2D eigenvalue weighted by atomic mass is 9.73. The van der Waals surface area contributed by atoms with E-state index in [1.54, 1.807) is 12.4 Å². The van der Waals surface area contributed by atoms with Crippen LogP contribution < -0.4 is 5.32 Å². The number of rotatable bonds is 8. The third-order valence-corrected chi connectivity index (χ3v) is 6.35. The number of amides is 2. The Morgan fingerprint density at radius 2 is 1.93 bits per heavy atom. The van der Waals surface area contributed by atoms with Crippen molar-refractivity contribution in [3.63, 3.8) is 0 Å². The van der Waals surface area contributed by atoms with Gasteiger partial charge in [-0.3, -0.25) is 9.59 Å². The van der Waals surface area contributed by atoms with Gasteiger partial charge in [0.2, 0.25) is 11.8 Å². The zero-order chi connectivity index (χ0) is 20.1. The van der Waals surface area contributed by atoms with Crippen molar-refractivity contribution in [1.82, 2.24) is 20.2 Å². The zero-order valence-corrected chi connectivity index (χ0v) is 16.9. The predicted octanol–water partition coefficient (Wildman–Crippen LogP) is 2.72. The number of likely N-dealkylation sites (tertiary alicyclic amines) is 1. The largest absolute Gasteiger partial charge is 0.355 e. The molecule has 0 radical (unpaired) electrons. The Balaban J connectivity index is 1.37. The molecule has 0 bridgehead atoms. The van der Waals surface area contributed by atoms with Crippen LogP contribution in [0.2, 0.25) is 0 Å². The van der Waals surface area contributed by atoms with E-state index in [-0.39, 0.29) is 11.8 Å². The van der Waals surface area contributed by atoms with E-state index in [4.69, 9.17) is 0 Å². The fraction of sp³-hybridized carbons (Fsp3) is 0.522. The minimum Gasteiger partial charge on any atom is -0.355 e. The number of hydrogen-bond donors (Lipinski definition) is 2.